The average molecular weight is 407 g/mol. The van der Waals surface area contributed by atoms with Crippen LogP contribution in [0.5, 0.6) is 0 Å². The highest BCUT2D eigenvalue weighted by molar-refractivity contribution is 6.48. The van der Waals surface area contributed by atoms with Gasteiger partial charge in [-0.2, -0.15) is 0 Å². The van der Waals surface area contributed by atoms with E-state index in [1.54, 1.807) is 17.6 Å². The van der Waals surface area contributed by atoms with Gasteiger partial charge in [-0.25, -0.2) is 4.98 Å². The number of hydrogen-bond donors (Lipinski definition) is 2. The fraction of sp³-hybridized carbons (Fsp3) is 0.318. The van der Waals surface area contributed by atoms with E-state index in [2.05, 4.69) is 10.3 Å². The largest absolute Gasteiger partial charge is 0.469 e. The summed E-state index contributed by atoms with van der Waals surface area (Å²) in [7, 11) is 0.673. The van der Waals surface area contributed by atoms with Gasteiger partial charge >= 0.3 is 13.0 Å². The molecule has 2 aromatic carbocycles. The van der Waals surface area contributed by atoms with Crippen molar-refractivity contribution in [1.82, 2.24) is 9.46 Å². The van der Waals surface area contributed by atoms with E-state index < -0.39 is 13.0 Å². The second-order valence-electron chi connectivity index (χ2n) is 7.32. The van der Waals surface area contributed by atoms with Crippen LogP contribution in [0.1, 0.15) is 18.4 Å². The Kier molecular flexibility index (Phi) is 7.24. The molecule has 0 fully saturated rings. The average Bonchev–Trinajstić information content (AvgIpc) is 3.17. The van der Waals surface area contributed by atoms with Gasteiger partial charge in [-0.15, -0.1) is 0 Å². The first-order chi connectivity index (χ1) is 14.5. The lowest BCUT2D eigenvalue weighted by Crippen LogP contribution is -2.23. The SMILES string of the molecule is COC(=O)C(CC(=O)CCNc1ccc2ncn(B(C)O)c2c1)Cc1ccccc1. The van der Waals surface area contributed by atoms with E-state index in [9.17, 15) is 14.6 Å². The van der Waals surface area contributed by atoms with Crippen molar-refractivity contribution in [3.05, 3.63) is 60.4 Å². The number of ether oxygens (including phenoxy) is 1. The number of hydrogen-bond acceptors (Lipinski definition) is 6. The van der Waals surface area contributed by atoms with Crippen LogP contribution < -0.4 is 5.32 Å². The Hall–Kier alpha value is -3.13. The lowest BCUT2D eigenvalue weighted by atomic mass is 9.88. The zero-order valence-electron chi connectivity index (χ0n) is 17.2. The maximum atomic E-state index is 12.5. The number of fused-ring (bicyclic) bond motifs is 1. The fourth-order valence-corrected chi connectivity index (χ4v) is 3.46. The Labute approximate surface area is 176 Å². The predicted molar refractivity (Wildman–Crippen MR) is 117 cm³/mol. The number of ketones is 1. The van der Waals surface area contributed by atoms with Crippen LogP contribution in [0.3, 0.4) is 0 Å². The van der Waals surface area contributed by atoms with Gasteiger partial charge in [0.1, 0.15) is 5.78 Å². The van der Waals surface area contributed by atoms with Crippen molar-refractivity contribution in [3.63, 3.8) is 0 Å². The molecule has 1 atom stereocenters. The number of nitrogens with one attached hydrogen (secondary N) is 1. The highest BCUT2D eigenvalue weighted by Crippen LogP contribution is 2.19. The van der Waals surface area contributed by atoms with E-state index in [0.717, 1.165) is 22.3 Å². The van der Waals surface area contributed by atoms with Crippen molar-refractivity contribution in [2.75, 3.05) is 19.0 Å². The van der Waals surface area contributed by atoms with E-state index in [1.165, 1.54) is 7.11 Å². The number of aromatic nitrogens is 2. The van der Waals surface area contributed by atoms with E-state index in [4.69, 9.17) is 4.74 Å². The number of nitrogens with zero attached hydrogens (tertiary/aromatic N) is 2. The van der Waals surface area contributed by atoms with Crippen LogP contribution in [0.4, 0.5) is 5.69 Å². The van der Waals surface area contributed by atoms with Crippen LogP contribution in [0, 0.1) is 5.92 Å². The molecule has 0 aliphatic heterocycles. The summed E-state index contributed by atoms with van der Waals surface area (Å²) in [6.07, 6.45) is 2.53. The molecule has 1 unspecified atom stereocenters. The molecular formula is C22H26BN3O4. The summed E-state index contributed by atoms with van der Waals surface area (Å²) in [6.45, 7) is 2.12. The van der Waals surface area contributed by atoms with Crippen molar-refractivity contribution >= 4 is 35.5 Å². The van der Waals surface area contributed by atoms with E-state index >= 15 is 0 Å². The summed E-state index contributed by atoms with van der Waals surface area (Å²) in [5.41, 5.74) is 3.45. The number of Topliss-reactive ketones (excluding diaryl/α,β-unsaturated/α-hetero) is 1. The molecule has 0 radical (unpaired) electrons. The van der Waals surface area contributed by atoms with Crippen LogP contribution in [0.25, 0.3) is 11.0 Å². The van der Waals surface area contributed by atoms with Gasteiger partial charge in [0, 0.05) is 25.1 Å². The molecule has 156 valence electrons. The van der Waals surface area contributed by atoms with Gasteiger partial charge in [0.25, 0.3) is 0 Å². The first-order valence-electron chi connectivity index (χ1n) is 10.00. The standard InChI is InChI=1S/C22H26BN3O4/c1-23(29)26-15-25-20-9-8-18(14-21(20)26)24-11-10-19(27)13-17(22(28)30-2)12-16-6-4-3-5-7-16/h3-9,14-15,17,24,29H,10-13H2,1-2H3. The monoisotopic (exact) mass is 407 g/mol. The first kappa shape index (κ1) is 21.6. The second kappa shape index (κ2) is 10.1. The molecular weight excluding hydrogens is 381 g/mol. The van der Waals surface area contributed by atoms with Gasteiger partial charge in [-0.05, 0) is 37.0 Å². The van der Waals surface area contributed by atoms with Gasteiger partial charge in [0.2, 0.25) is 0 Å². The maximum absolute atomic E-state index is 12.5. The molecule has 3 rings (SSSR count). The lowest BCUT2D eigenvalue weighted by molar-refractivity contribution is -0.147. The molecule has 1 aromatic heterocycles. The van der Waals surface area contributed by atoms with Crippen molar-refractivity contribution in [1.29, 1.82) is 0 Å². The number of imidazole rings is 1. The normalized spacial score (nSPS) is 11.8. The Morgan fingerprint density at radius 1 is 1.23 bits per heavy atom. The van der Waals surface area contributed by atoms with Crippen molar-refractivity contribution in [2.24, 2.45) is 5.92 Å². The summed E-state index contributed by atoms with van der Waals surface area (Å²) < 4.78 is 6.56. The van der Waals surface area contributed by atoms with Gasteiger partial charge < -0.3 is 19.6 Å². The number of methoxy groups -OCH3 is 1. The minimum Gasteiger partial charge on any atom is -0.469 e. The highest BCUT2D eigenvalue weighted by atomic mass is 16.5. The van der Waals surface area contributed by atoms with Crippen LogP contribution in [0.15, 0.2) is 54.9 Å². The Morgan fingerprint density at radius 3 is 2.70 bits per heavy atom. The number of anilines is 1. The van der Waals surface area contributed by atoms with Crippen LogP contribution >= 0.6 is 0 Å². The molecule has 0 spiro atoms. The molecule has 2 N–H and O–H groups in total. The first-order valence-corrected chi connectivity index (χ1v) is 10.00. The van der Waals surface area contributed by atoms with Gasteiger partial charge in [-0.3, -0.25) is 9.59 Å². The summed E-state index contributed by atoms with van der Waals surface area (Å²) in [6, 6.07) is 15.3. The topological polar surface area (TPSA) is 93.5 Å². The van der Waals surface area contributed by atoms with Crippen molar-refractivity contribution in [2.45, 2.75) is 26.1 Å². The minimum atomic E-state index is -0.674. The third-order valence-corrected chi connectivity index (χ3v) is 5.04. The zero-order chi connectivity index (χ0) is 21.5. The molecule has 0 amide bonds. The molecule has 30 heavy (non-hydrogen) atoms. The molecule has 7 nitrogen and oxygen atoms in total. The van der Waals surface area contributed by atoms with Crippen LogP contribution in [-0.2, 0) is 20.7 Å². The number of benzene rings is 2. The number of rotatable bonds is 10. The zero-order valence-corrected chi connectivity index (χ0v) is 17.2. The van der Waals surface area contributed by atoms with Gasteiger partial charge in [-0.1, -0.05) is 30.3 Å². The predicted octanol–water partition coefficient (Wildman–Crippen LogP) is 2.79. The summed E-state index contributed by atoms with van der Waals surface area (Å²) in [4.78, 5) is 28.8. The van der Waals surface area contributed by atoms with E-state index in [-0.39, 0.29) is 18.2 Å². The molecule has 1 heterocycles. The number of carbonyl (C=O) groups excluding carboxylic acids is 2. The number of carbonyl (C=O) groups is 2. The van der Waals surface area contributed by atoms with E-state index in [0.29, 0.717) is 19.4 Å². The molecule has 0 saturated heterocycles. The highest BCUT2D eigenvalue weighted by Gasteiger charge is 2.23. The molecule has 8 heteroatoms. The third kappa shape index (κ3) is 5.48. The maximum Gasteiger partial charge on any atom is 0.414 e. The molecule has 3 aromatic rings. The van der Waals surface area contributed by atoms with Gasteiger partial charge in [0.15, 0.2) is 0 Å². The van der Waals surface area contributed by atoms with Crippen molar-refractivity contribution in [3.8, 4) is 0 Å². The Morgan fingerprint density at radius 2 is 2.00 bits per heavy atom. The summed E-state index contributed by atoms with van der Waals surface area (Å²) in [5, 5.41) is 13.1. The summed E-state index contributed by atoms with van der Waals surface area (Å²) in [5.74, 6) is -0.845. The third-order valence-electron chi connectivity index (χ3n) is 5.04. The quantitative estimate of drug-likeness (QED) is 0.397. The summed E-state index contributed by atoms with van der Waals surface area (Å²) >= 11 is 0. The molecule has 0 saturated carbocycles. The fourth-order valence-electron chi connectivity index (χ4n) is 3.46. The minimum absolute atomic E-state index is 0.00364. The lowest BCUT2D eigenvalue weighted by Gasteiger charge is -2.14. The Bertz CT molecular complexity index is 1000. The number of esters is 1. The van der Waals surface area contributed by atoms with Crippen LogP contribution in [-0.4, -0.2) is 46.9 Å². The van der Waals surface area contributed by atoms with Crippen LogP contribution in [0.2, 0.25) is 6.82 Å². The van der Waals surface area contributed by atoms with E-state index in [1.807, 2.05) is 48.5 Å². The van der Waals surface area contributed by atoms with Crippen molar-refractivity contribution < 1.29 is 19.3 Å². The molecule has 0 aliphatic carbocycles. The smallest absolute Gasteiger partial charge is 0.414 e. The second-order valence-corrected chi connectivity index (χ2v) is 7.32. The van der Waals surface area contributed by atoms with Gasteiger partial charge in [0.05, 0.1) is 30.4 Å². The molecule has 0 aliphatic rings. The molecule has 0 bridgehead atoms. The Balaban J connectivity index is 1.56.